The molecule has 1 saturated heterocycles. The minimum absolute atomic E-state index is 0.00718. The van der Waals surface area contributed by atoms with Gasteiger partial charge >= 0.3 is 5.69 Å². The number of halogens is 3. The molecule has 1 aliphatic rings. The van der Waals surface area contributed by atoms with Gasteiger partial charge in [0.25, 0.3) is 12.0 Å². The number of hydrogen-bond acceptors (Lipinski definition) is 9. The Morgan fingerprint density at radius 2 is 1.75 bits per heavy atom. The van der Waals surface area contributed by atoms with E-state index in [2.05, 4.69) is 20.6 Å². The third kappa shape index (κ3) is 6.28. The molecule has 2 N–H and O–H groups in total. The molecule has 1 fully saturated rings. The number of nitrogens with zero attached hydrogens (tertiary/aromatic N) is 5. The number of hydrogen-bond donors (Lipinski definition) is 2. The fourth-order valence-electron chi connectivity index (χ4n) is 5.89. The Kier molecular flexibility index (Phi) is 9.54. The van der Waals surface area contributed by atoms with Crippen LogP contribution in [0.4, 0.5) is 20.3 Å². The Bertz CT molecular complexity index is 2130. The van der Waals surface area contributed by atoms with Crippen molar-refractivity contribution in [3.05, 3.63) is 91.5 Å². The molecule has 14 heteroatoms. The van der Waals surface area contributed by atoms with E-state index in [0.29, 0.717) is 57.3 Å². The summed E-state index contributed by atoms with van der Waals surface area (Å²) in [5, 5.41) is 7.02. The monoisotopic (exact) mass is 677 g/mol. The second-order valence-corrected chi connectivity index (χ2v) is 11.9. The van der Waals surface area contributed by atoms with Gasteiger partial charge in [-0.15, -0.1) is 0 Å². The van der Waals surface area contributed by atoms with E-state index in [1.165, 1.54) is 14.1 Å². The summed E-state index contributed by atoms with van der Waals surface area (Å²) in [5.74, 6) is 0.304. The van der Waals surface area contributed by atoms with Crippen LogP contribution >= 0.6 is 11.6 Å². The van der Waals surface area contributed by atoms with Crippen LogP contribution in [0, 0.1) is 6.92 Å². The third-order valence-electron chi connectivity index (χ3n) is 8.63. The highest BCUT2D eigenvalue weighted by Crippen LogP contribution is 2.40. The molecular weight excluding hydrogens is 644 g/mol. The molecule has 4 heterocycles. The van der Waals surface area contributed by atoms with Crippen LogP contribution in [0.5, 0.6) is 5.88 Å². The number of pyridine rings is 1. The lowest BCUT2D eigenvalue weighted by Gasteiger charge is -2.23. The summed E-state index contributed by atoms with van der Waals surface area (Å²) in [6.45, 7) is 3.81. The van der Waals surface area contributed by atoms with Gasteiger partial charge in [-0.25, -0.2) is 23.5 Å². The molecule has 0 atom stereocenters. The van der Waals surface area contributed by atoms with E-state index in [0.717, 1.165) is 46.8 Å². The molecule has 0 radical (unpaired) electrons. The first-order valence-electron chi connectivity index (χ1n) is 15.3. The number of methoxy groups -OCH3 is 1. The number of ether oxygens (including phenoxy) is 2. The summed E-state index contributed by atoms with van der Waals surface area (Å²) in [6, 6.07) is 12.4. The number of benzene rings is 2. The number of alkyl halides is 2. The molecule has 0 bridgehead atoms. The van der Waals surface area contributed by atoms with Gasteiger partial charge in [0.1, 0.15) is 22.6 Å². The maximum absolute atomic E-state index is 13.9. The number of aromatic nitrogens is 5. The Balaban J connectivity index is 1.36. The normalized spacial score (nSPS) is 13.8. The average Bonchev–Trinajstić information content (AvgIpc) is 3.10. The van der Waals surface area contributed by atoms with Crippen LogP contribution in [-0.4, -0.2) is 50.5 Å². The highest BCUT2D eigenvalue weighted by Gasteiger charge is 2.22. The summed E-state index contributed by atoms with van der Waals surface area (Å²) in [5.41, 5.74) is 2.70. The van der Waals surface area contributed by atoms with Crippen molar-refractivity contribution < 1.29 is 18.3 Å². The van der Waals surface area contributed by atoms with Gasteiger partial charge in [-0.1, -0.05) is 41.9 Å². The molecule has 1 aliphatic heterocycles. The van der Waals surface area contributed by atoms with Gasteiger partial charge in [-0.2, -0.15) is 0 Å². The van der Waals surface area contributed by atoms with Crippen molar-refractivity contribution in [2.24, 2.45) is 14.1 Å². The molecule has 0 unspecified atom stereocenters. The fourth-order valence-corrected chi connectivity index (χ4v) is 6.22. The van der Waals surface area contributed by atoms with E-state index in [-0.39, 0.29) is 16.7 Å². The molecule has 3 aromatic heterocycles. The number of anilines is 2. The van der Waals surface area contributed by atoms with Gasteiger partial charge in [0, 0.05) is 56.7 Å². The number of fused-ring (bicyclic) bond motifs is 1. The van der Waals surface area contributed by atoms with Crippen molar-refractivity contribution in [2.75, 3.05) is 25.6 Å². The summed E-state index contributed by atoms with van der Waals surface area (Å²) in [6.07, 6.45) is 0.601. The number of aryl methyl sites for hydroxylation is 1. The Morgan fingerprint density at radius 1 is 1.04 bits per heavy atom. The predicted octanol–water partition coefficient (Wildman–Crippen LogP) is 5.68. The molecule has 11 nitrogen and oxygen atoms in total. The molecule has 0 saturated carbocycles. The topological polar surface area (TPSA) is 125 Å². The third-order valence-corrected chi connectivity index (χ3v) is 9.04. The summed E-state index contributed by atoms with van der Waals surface area (Å²) < 4.78 is 40.9. The van der Waals surface area contributed by atoms with Crippen molar-refractivity contribution in [2.45, 2.75) is 38.8 Å². The molecule has 0 amide bonds. The van der Waals surface area contributed by atoms with Gasteiger partial charge in [0.05, 0.1) is 29.5 Å². The Labute approximate surface area is 279 Å². The minimum atomic E-state index is -2.93. The molecule has 0 spiro atoms. The zero-order chi connectivity index (χ0) is 34.1. The first-order valence-corrected chi connectivity index (χ1v) is 15.7. The van der Waals surface area contributed by atoms with E-state index in [1.54, 1.807) is 25.4 Å². The van der Waals surface area contributed by atoms with Crippen molar-refractivity contribution in [3.63, 3.8) is 0 Å². The van der Waals surface area contributed by atoms with Gasteiger partial charge in [0.2, 0.25) is 5.88 Å². The van der Waals surface area contributed by atoms with Crippen LogP contribution in [0.15, 0.2) is 58.3 Å². The van der Waals surface area contributed by atoms with Crippen molar-refractivity contribution in [3.8, 4) is 28.3 Å². The van der Waals surface area contributed by atoms with Crippen LogP contribution in [0.1, 0.15) is 36.2 Å². The van der Waals surface area contributed by atoms with Crippen molar-refractivity contribution >= 4 is 34.0 Å². The molecule has 0 aliphatic carbocycles. The van der Waals surface area contributed by atoms with Crippen LogP contribution < -0.4 is 26.6 Å². The van der Waals surface area contributed by atoms with Crippen LogP contribution in [-0.2, 0) is 25.4 Å². The molecule has 2 aromatic carbocycles. The van der Waals surface area contributed by atoms with Crippen LogP contribution in [0.2, 0.25) is 5.02 Å². The van der Waals surface area contributed by atoms with E-state index in [1.807, 2.05) is 31.2 Å². The Morgan fingerprint density at radius 3 is 2.48 bits per heavy atom. The summed E-state index contributed by atoms with van der Waals surface area (Å²) in [7, 11) is 4.30. The quantitative estimate of drug-likeness (QED) is 0.203. The first-order chi connectivity index (χ1) is 23.1. The lowest BCUT2D eigenvalue weighted by molar-refractivity contribution is 0.0774. The second-order valence-electron chi connectivity index (χ2n) is 11.5. The van der Waals surface area contributed by atoms with E-state index < -0.39 is 23.4 Å². The smallest absolute Gasteiger partial charge is 0.330 e. The second kappa shape index (κ2) is 13.8. The van der Waals surface area contributed by atoms with Crippen molar-refractivity contribution in [1.82, 2.24) is 29.4 Å². The molecule has 250 valence electrons. The van der Waals surface area contributed by atoms with E-state index in [4.69, 9.17) is 26.1 Å². The highest BCUT2D eigenvalue weighted by atomic mass is 35.5. The van der Waals surface area contributed by atoms with Gasteiger partial charge in [-0.3, -0.25) is 18.9 Å². The average molecular weight is 678 g/mol. The standard InChI is InChI=1S/C34H34ClF2N7O4/c1-18-20(7-6-10-23(18)40-31-28-27(15-24(41-31)30(36)37)43(2)34(46)44(3)33(28)45)21-8-5-9-22(29(21)35)25-16-39-26(32(42-25)47-4)17-38-19-11-13-48-14-12-19/h5-10,15-16,19,30,38H,11-14,17H2,1-4H3,(H,40,41). The highest BCUT2D eigenvalue weighted by molar-refractivity contribution is 6.36. The molecule has 5 aromatic rings. The van der Waals surface area contributed by atoms with Crippen molar-refractivity contribution in [1.29, 1.82) is 0 Å². The SMILES string of the molecule is COc1nc(-c2cccc(-c3cccc(Nc4nc(C(F)F)cc5c4c(=O)n(C)c(=O)n5C)c3C)c2Cl)cnc1CNC1CCOCC1. The fraction of sp³-hybridized carbons (Fsp3) is 0.324. The minimum Gasteiger partial charge on any atom is -0.480 e. The molecule has 48 heavy (non-hydrogen) atoms. The van der Waals surface area contributed by atoms with Gasteiger partial charge in [0.15, 0.2) is 0 Å². The first kappa shape index (κ1) is 33.2. The lowest BCUT2D eigenvalue weighted by atomic mass is 9.96. The molecule has 6 rings (SSSR count). The lowest BCUT2D eigenvalue weighted by Crippen LogP contribution is -2.37. The number of rotatable bonds is 9. The van der Waals surface area contributed by atoms with Gasteiger partial charge in [-0.05, 0) is 43.0 Å². The maximum atomic E-state index is 13.9. The zero-order valence-electron chi connectivity index (χ0n) is 26.8. The molecular formula is C34H34ClF2N7O4. The predicted molar refractivity (Wildman–Crippen MR) is 180 cm³/mol. The number of nitrogens with one attached hydrogen (secondary N) is 2. The Hall–Kier alpha value is -4.72. The maximum Gasteiger partial charge on any atom is 0.330 e. The summed E-state index contributed by atoms with van der Waals surface area (Å²) in [4.78, 5) is 39.2. The van der Waals surface area contributed by atoms with E-state index >= 15 is 0 Å². The van der Waals surface area contributed by atoms with Crippen LogP contribution in [0.3, 0.4) is 0 Å². The zero-order valence-corrected chi connectivity index (χ0v) is 27.6. The van der Waals surface area contributed by atoms with Gasteiger partial charge < -0.3 is 20.1 Å². The van der Waals surface area contributed by atoms with Crippen LogP contribution in [0.25, 0.3) is 33.3 Å². The summed E-state index contributed by atoms with van der Waals surface area (Å²) >= 11 is 7.04. The van der Waals surface area contributed by atoms with E-state index in [9.17, 15) is 18.4 Å². The largest absolute Gasteiger partial charge is 0.480 e.